The van der Waals surface area contributed by atoms with Crippen molar-refractivity contribution in [3.8, 4) is 11.4 Å². The fourth-order valence-electron chi connectivity index (χ4n) is 1.34. The topological polar surface area (TPSA) is 46.8 Å². The van der Waals surface area contributed by atoms with Crippen LogP contribution in [0, 0.1) is 0 Å². The molecule has 0 N–H and O–H groups in total. The highest BCUT2D eigenvalue weighted by Gasteiger charge is 2.05. The van der Waals surface area contributed by atoms with Gasteiger partial charge in [0.05, 0.1) is 6.54 Å². The van der Waals surface area contributed by atoms with Gasteiger partial charge in [0.1, 0.15) is 0 Å². The molecule has 17 heavy (non-hydrogen) atoms. The molecule has 90 valence electrons. The molecule has 0 saturated carbocycles. The second-order valence-corrected chi connectivity index (χ2v) is 4.46. The zero-order valence-electron chi connectivity index (χ0n) is 9.84. The van der Waals surface area contributed by atoms with Gasteiger partial charge in [-0.3, -0.25) is 0 Å². The molecular formula is C11H14ClN5. The molecule has 0 aliphatic carbocycles. The second-order valence-electron chi connectivity index (χ2n) is 4.02. The molecule has 0 aliphatic heterocycles. The fourth-order valence-corrected chi connectivity index (χ4v) is 1.47. The molecule has 6 heteroatoms. The third-order valence-electron chi connectivity index (χ3n) is 2.30. The van der Waals surface area contributed by atoms with Crippen LogP contribution in [0.5, 0.6) is 0 Å². The van der Waals surface area contributed by atoms with Crippen molar-refractivity contribution in [1.29, 1.82) is 0 Å². The Morgan fingerprint density at radius 2 is 1.94 bits per heavy atom. The van der Waals surface area contributed by atoms with E-state index >= 15 is 0 Å². The van der Waals surface area contributed by atoms with Crippen LogP contribution in [0.15, 0.2) is 24.3 Å². The van der Waals surface area contributed by atoms with Crippen LogP contribution in [-0.2, 0) is 6.54 Å². The number of tetrazole rings is 1. The average Bonchev–Trinajstić information content (AvgIpc) is 2.76. The maximum atomic E-state index is 5.82. The molecular weight excluding hydrogens is 238 g/mol. The monoisotopic (exact) mass is 251 g/mol. The van der Waals surface area contributed by atoms with E-state index in [1.54, 1.807) is 4.80 Å². The van der Waals surface area contributed by atoms with Crippen molar-refractivity contribution in [2.24, 2.45) is 0 Å². The molecule has 0 bridgehead atoms. The first kappa shape index (κ1) is 12.0. The summed E-state index contributed by atoms with van der Waals surface area (Å²) in [5, 5.41) is 13.0. The predicted octanol–water partition coefficient (Wildman–Crippen LogP) is 1.56. The van der Waals surface area contributed by atoms with Crippen molar-refractivity contribution in [2.45, 2.75) is 6.54 Å². The van der Waals surface area contributed by atoms with Crippen LogP contribution in [-0.4, -0.2) is 45.7 Å². The SMILES string of the molecule is CN(C)CCn1nnc(-c2ccc(Cl)cc2)n1. The standard InChI is InChI=1S/C11H14ClN5/c1-16(2)7-8-17-14-11(13-15-17)9-3-5-10(12)6-4-9/h3-6H,7-8H2,1-2H3. The van der Waals surface area contributed by atoms with Gasteiger partial charge < -0.3 is 4.90 Å². The van der Waals surface area contributed by atoms with Gasteiger partial charge in [0.2, 0.25) is 5.82 Å². The molecule has 0 spiro atoms. The van der Waals surface area contributed by atoms with Gasteiger partial charge in [0, 0.05) is 17.1 Å². The first-order valence-electron chi connectivity index (χ1n) is 5.33. The second kappa shape index (κ2) is 5.25. The summed E-state index contributed by atoms with van der Waals surface area (Å²) in [5.74, 6) is 0.625. The van der Waals surface area contributed by atoms with Crippen molar-refractivity contribution in [3.05, 3.63) is 29.3 Å². The maximum Gasteiger partial charge on any atom is 0.204 e. The van der Waals surface area contributed by atoms with Crippen molar-refractivity contribution < 1.29 is 0 Å². The van der Waals surface area contributed by atoms with E-state index in [2.05, 4.69) is 20.3 Å². The summed E-state index contributed by atoms with van der Waals surface area (Å²) in [5.41, 5.74) is 0.922. The summed E-state index contributed by atoms with van der Waals surface area (Å²) < 4.78 is 0. The van der Waals surface area contributed by atoms with Gasteiger partial charge in [-0.05, 0) is 43.6 Å². The van der Waals surface area contributed by atoms with Crippen molar-refractivity contribution in [1.82, 2.24) is 25.1 Å². The lowest BCUT2D eigenvalue weighted by molar-refractivity contribution is 0.355. The highest BCUT2D eigenvalue weighted by molar-refractivity contribution is 6.30. The van der Waals surface area contributed by atoms with Crippen LogP contribution < -0.4 is 0 Å². The first-order chi connectivity index (χ1) is 8.15. The molecule has 1 heterocycles. The first-order valence-corrected chi connectivity index (χ1v) is 5.71. The van der Waals surface area contributed by atoms with E-state index in [0.29, 0.717) is 10.8 Å². The summed E-state index contributed by atoms with van der Waals surface area (Å²) in [7, 11) is 4.02. The Morgan fingerprint density at radius 1 is 1.24 bits per heavy atom. The molecule has 5 nitrogen and oxygen atoms in total. The van der Waals surface area contributed by atoms with Crippen LogP contribution >= 0.6 is 11.6 Å². The van der Waals surface area contributed by atoms with E-state index in [1.807, 2.05) is 38.4 Å². The quantitative estimate of drug-likeness (QED) is 0.827. The molecule has 0 aliphatic rings. The fraction of sp³-hybridized carbons (Fsp3) is 0.364. The van der Waals surface area contributed by atoms with Crippen molar-refractivity contribution in [2.75, 3.05) is 20.6 Å². The van der Waals surface area contributed by atoms with Gasteiger partial charge in [-0.25, -0.2) is 0 Å². The molecule has 0 amide bonds. The van der Waals surface area contributed by atoms with Crippen LogP contribution in [0.2, 0.25) is 5.02 Å². The average molecular weight is 252 g/mol. The molecule has 0 radical (unpaired) electrons. The van der Waals surface area contributed by atoms with E-state index in [9.17, 15) is 0 Å². The van der Waals surface area contributed by atoms with Gasteiger partial charge in [-0.15, -0.1) is 10.2 Å². The van der Waals surface area contributed by atoms with Crippen LogP contribution in [0.25, 0.3) is 11.4 Å². The Labute approximate surface area is 105 Å². The molecule has 0 fully saturated rings. The minimum absolute atomic E-state index is 0.625. The van der Waals surface area contributed by atoms with Crippen molar-refractivity contribution >= 4 is 11.6 Å². The highest BCUT2D eigenvalue weighted by Crippen LogP contribution is 2.16. The molecule has 2 rings (SSSR count). The zero-order valence-corrected chi connectivity index (χ0v) is 10.6. The molecule has 2 aromatic rings. The summed E-state index contributed by atoms with van der Waals surface area (Å²) >= 11 is 5.82. The van der Waals surface area contributed by atoms with Crippen LogP contribution in [0.3, 0.4) is 0 Å². The van der Waals surface area contributed by atoms with Gasteiger partial charge in [0.15, 0.2) is 0 Å². The number of hydrogen-bond donors (Lipinski definition) is 0. The zero-order chi connectivity index (χ0) is 12.3. The number of rotatable bonds is 4. The Bertz CT molecular complexity index is 477. The lowest BCUT2D eigenvalue weighted by Crippen LogP contribution is -2.19. The predicted molar refractivity (Wildman–Crippen MR) is 66.8 cm³/mol. The lowest BCUT2D eigenvalue weighted by Gasteiger charge is -2.06. The molecule has 0 atom stereocenters. The number of nitrogens with zero attached hydrogens (tertiary/aromatic N) is 5. The van der Waals surface area contributed by atoms with E-state index in [4.69, 9.17) is 11.6 Å². The van der Waals surface area contributed by atoms with Gasteiger partial charge in [-0.2, -0.15) is 4.80 Å². The third kappa shape index (κ3) is 3.25. The van der Waals surface area contributed by atoms with E-state index in [1.165, 1.54) is 0 Å². The van der Waals surface area contributed by atoms with E-state index in [-0.39, 0.29) is 0 Å². The molecule has 1 aromatic heterocycles. The third-order valence-corrected chi connectivity index (χ3v) is 2.55. The number of likely N-dealkylation sites (N-methyl/N-ethyl adjacent to an activating group) is 1. The summed E-state index contributed by atoms with van der Waals surface area (Å²) in [4.78, 5) is 3.68. The summed E-state index contributed by atoms with van der Waals surface area (Å²) in [6.45, 7) is 1.62. The smallest absolute Gasteiger partial charge is 0.204 e. The molecule has 0 unspecified atom stereocenters. The summed E-state index contributed by atoms with van der Waals surface area (Å²) in [6.07, 6.45) is 0. The number of benzene rings is 1. The Morgan fingerprint density at radius 3 is 2.59 bits per heavy atom. The normalized spacial score (nSPS) is 11.1. The van der Waals surface area contributed by atoms with Gasteiger partial charge in [0.25, 0.3) is 0 Å². The van der Waals surface area contributed by atoms with Gasteiger partial charge in [-0.1, -0.05) is 11.6 Å². The van der Waals surface area contributed by atoms with Crippen LogP contribution in [0.1, 0.15) is 0 Å². The van der Waals surface area contributed by atoms with E-state index < -0.39 is 0 Å². The minimum Gasteiger partial charge on any atom is -0.307 e. The largest absolute Gasteiger partial charge is 0.307 e. The molecule has 1 aromatic carbocycles. The van der Waals surface area contributed by atoms with E-state index in [0.717, 1.165) is 18.7 Å². The number of halogens is 1. The Hall–Kier alpha value is -1.46. The number of aromatic nitrogens is 4. The van der Waals surface area contributed by atoms with Gasteiger partial charge >= 0.3 is 0 Å². The Kier molecular flexibility index (Phi) is 3.71. The molecule has 0 saturated heterocycles. The minimum atomic E-state index is 0.625. The lowest BCUT2D eigenvalue weighted by atomic mass is 10.2. The summed E-state index contributed by atoms with van der Waals surface area (Å²) in [6, 6.07) is 7.40. The van der Waals surface area contributed by atoms with Crippen molar-refractivity contribution in [3.63, 3.8) is 0 Å². The number of hydrogen-bond acceptors (Lipinski definition) is 4. The highest BCUT2D eigenvalue weighted by atomic mass is 35.5. The van der Waals surface area contributed by atoms with Crippen LogP contribution in [0.4, 0.5) is 0 Å². The Balaban J connectivity index is 2.10. The maximum absolute atomic E-state index is 5.82.